The Balaban J connectivity index is 1.36. The van der Waals surface area contributed by atoms with E-state index in [4.69, 9.17) is 4.42 Å². The molecule has 2 aromatic heterocycles. The number of nitrogens with zero attached hydrogens (tertiary/aromatic N) is 4. The zero-order valence-corrected chi connectivity index (χ0v) is 16.5. The number of tetrazole rings is 1. The molecule has 0 aliphatic carbocycles. The summed E-state index contributed by atoms with van der Waals surface area (Å²) in [7, 11) is 0. The molecule has 0 bridgehead atoms. The molecule has 0 spiro atoms. The van der Waals surface area contributed by atoms with Gasteiger partial charge in [-0.3, -0.25) is 9.59 Å². The van der Waals surface area contributed by atoms with Crippen molar-refractivity contribution in [2.24, 2.45) is 0 Å². The van der Waals surface area contributed by atoms with Crippen LogP contribution in [0.4, 0.5) is 5.69 Å². The van der Waals surface area contributed by atoms with E-state index < -0.39 is 6.04 Å². The van der Waals surface area contributed by atoms with Crippen LogP contribution in [-0.4, -0.2) is 32.0 Å². The molecule has 156 valence electrons. The van der Waals surface area contributed by atoms with Crippen molar-refractivity contribution < 1.29 is 14.0 Å². The molecule has 0 radical (unpaired) electrons. The first-order chi connectivity index (χ1) is 15.2. The lowest BCUT2D eigenvalue weighted by molar-refractivity contribution is -0.124. The molecule has 9 heteroatoms. The van der Waals surface area contributed by atoms with Crippen LogP contribution in [0, 0.1) is 0 Å². The number of benzene rings is 2. The van der Waals surface area contributed by atoms with Crippen LogP contribution in [0.5, 0.6) is 0 Å². The van der Waals surface area contributed by atoms with Crippen molar-refractivity contribution in [1.29, 1.82) is 0 Å². The number of amides is 2. The van der Waals surface area contributed by atoms with E-state index in [1.54, 1.807) is 24.3 Å². The Labute approximate surface area is 178 Å². The zero-order valence-electron chi connectivity index (χ0n) is 16.5. The van der Waals surface area contributed by atoms with Gasteiger partial charge >= 0.3 is 0 Å². The van der Waals surface area contributed by atoms with E-state index in [1.165, 1.54) is 17.3 Å². The molecule has 2 aromatic carbocycles. The largest absolute Gasteiger partial charge is 0.459 e. The molecule has 1 atom stereocenters. The summed E-state index contributed by atoms with van der Waals surface area (Å²) in [5.74, 6) is -0.272. The van der Waals surface area contributed by atoms with E-state index in [-0.39, 0.29) is 17.6 Å². The number of anilines is 1. The van der Waals surface area contributed by atoms with E-state index in [0.29, 0.717) is 18.7 Å². The van der Waals surface area contributed by atoms with Crippen LogP contribution < -0.4 is 10.6 Å². The smallest absolute Gasteiger partial charge is 0.291 e. The molecule has 2 heterocycles. The highest BCUT2D eigenvalue weighted by Crippen LogP contribution is 2.15. The van der Waals surface area contributed by atoms with Gasteiger partial charge in [-0.15, -0.1) is 5.10 Å². The quantitative estimate of drug-likeness (QED) is 0.456. The monoisotopic (exact) mass is 416 g/mol. The lowest BCUT2D eigenvalue weighted by atomic mass is 10.1. The average molecular weight is 416 g/mol. The van der Waals surface area contributed by atoms with E-state index >= 15 is 0 Å². The fourth-order valence-corrected chi connectivity index (χ4v) is 3.07. The highest BCUT2D eigenvalue weighted by molar-refractivity contribution is 6.02. The van der Waals surface area contributed by atoms with E-state index in [1.807, 2.05) is 42.5 Å². The first-order valence-corrected chi connectivity index (χ1v) is 9.67. The third-order valence-electron chi connectivity index (χ3n) is 4.68. The molecule has 9 nitrogen and oxygen atoms in total. The minimum atomic E-state index is -0.566. The van der Waals surface area contributed by atoms with Crippen molar-refractivity contribution in [3.05, 3.63) is 96.2 Å². The predicted octanol–water partition coefficient (Wildman–Crippen LogP) is 2.62. The summed E-state index contributed by atoms with van der Waals surface area (Å²) in [6.07, 6.45) is 3.35. The van der Waals surface area contributed by atoms with Crippen molar-refractivity contribution in [2.45, 2.75) is 19.0 Å². The van der Waals surface area contributed by atoms with Crippen LogP contribution in [0.15, 0.2) is 83.7 Å². The maximum Gasteiger partial charge on any atom is 0.291 e. The molecule has 0 aliphatic heterocycles. The van der Waals surface area contributed by atoms with Gasteiger partial charge in [0, 0.05) is 18.7 Å². The van der Waals surface area contributed by atoms with Crippen LogP contribution >= 0.6 is 0 Å². The molecule has 2 amide bonds. The molecule has 0 aliphatic rings. The van der Waals surface area contributed by atoms with Crippen LogP contribution in [-0.2, 0) is 17.8 Å². The van der Waals surface area contributed by atoms with Gasteiger partial charge in [0.05, 0.1) is 6.26 Å². The molecule has 4 aromatic rings. The van der Waals surface area contributed by atoms with E-state index in [2.05, 4.69) is 26.2 Å². The summed E-state index contributed by atoms with van der Waals surface area (Å²) >= 11 is 0. The second-order valence-corrected chi connectivity index (χ2v) is 6.84. The molecule has 0 saturated carbocycles. The molecule has 2 N–H and O–H groups in total. The van der Waals surface area contributed by atoms with Crippen LogP contribution in [0.25, 0.3) is 0 Å². The number of hydrogen-bond donors (Lipinski definition) is 2. The normalized spacial score (nSPS) is 11.6. The SMILES string of the molecule is O=C(Nc1ccc(CNC(=O)C(Cc2ccccc2)n2cnnn2)cc1)c1ccco1. The Morgan fingerprint density at radius 2 is 1.77 bits per heavy atom. The van der Waals surface area contributed by atoms with Crippen molar-refractivity contribution in [1.82, 2.24) is 25.5 Å². The second-order valence-electron chi connectivity index (χ2n) is 6.84. The zero-order chi connectivity index (χ0) is 21.5. The lowest BCUT2D eigenvalue weighted by Crippen LogP contribution is -2.34. The summed E-state index contributed by atoms with van der Waals surface area (Å²) in [4.78, 5) is 24.9. The standard InChI is InChI=1S/C22H20N6O3/c29-21(19(28-15-24-26-27-28)13-16-5-2-1-3-6-16)23-14-17-8-10-18(11-9-17)25-22(30)20-7-4-12-31-20/h1-12,15,19H,13-14H2,(H,23,29)(H,25,30). The number of furan rings is 1. The molecular formula is C22H20N6O3. The van der Waals surface area contributed by atoms with Crippen LogP contribution in [0.1, 0.15) is 27.7 Å². The third-order valence-corrected chi connectivity index (χ3v) is 4.68. The van der Waals surface area contributed by atoms with Gasteiger partial charge in [0.1, 0.15) is 12.4 Å². The van der Waals surface area contributed by atoms with Gasteiger partial charge in [0.15, 0.2) is 5.76 Å². The Hall–Kier alpha value is -4.27. The van der Waals surface area contributed by atoms with E-state index in [0.717, 1.165) is 11.1 Å². The van der Waals surface area contributed by atoms with Gasteiger partial charge in [-0.05, 0) is 45.8 Å². The summed E-state index contributed by atoms with van der Waals surface area (Å²) in [6.45, 7) is 0.332. The number of hydrogen-bond acceptors (Lipinski definition) is 6. The van der Waals surface area contributed by atoms with Crippen molar-refractivity contribution in [3.8, 4) is 0 Å². The number of carbonyl (C=O) groups excluding carboxylic acids is 2. The van der Waals surface area contributed by atoms with Crippen molar-refractivity contribution in [3.63, 3.8) is 0 Å². The Morgan fingerprint density at radius 1 is 0.968 bits per heavy atom. The maximum absolute atomic E-state index is 12.9. The Morgan fingerprint density at radius 3 is 2.45 bits per heavy atom. The summed E-state index contributed by atoms with van der Waals surface area (Å²) in [5.41, 5.74) is 2.53. The third kappa shape index (κ3) is 5.21. The highest BCUT2D eigenvalue weighted by atomic mass is 16.3. The molecule has 4 rings (SSSR count). The van der Waals surface area contributed by atoms with Crippen molar-refractivity contribution in [2.75, 3.05) is 5.32 Å². The van der Waals surface area contributed by atoms with Crippen molar-refractivity contribution >= 4 is 17.5 Å². The van der Waals surface area contributed by atoms with Gasteiger partial charge < -0.3 is 15.1 Å². The first kappa shape index (κ1) is 20.0. The molecule has 0 fully saturated rings. The number of carbonyl (C=O) groups is 2. The molecule has 0 saturated heterocycles. The van der Waals surface area contributed by atoms with Gasteiger partial charge in [-0.2, -0.15) is 0 Å². The first-order valence-electron chi connectivity index (χ1n) is 9.67. The lowest BCUT2D eigenvalue weighted by Gasteiger charge is -2.16. The fraction of sp³-hybridized carbons (Fsp3) is 0.136. The molecule has 31 heavy (non-hydrogen) atoms. The topological polar surface area (TPSA) is 115 Å². The number of aromatic nitrogens is 4. The minimum Gasteiger partial charge on any atom is -0.459 e. The Bertz CT molecular complexity index is 1110. The summed E-state index contributed by atoms with van der Waals surface area (Å²) in [6, 6.07) is 19.6. The minimum absolute atomic E-state index is 0.189. The predicted molar refractivity (Wildman–Crippen MR) is 112 cm³/mol. The summed E-state index contributed by atoms with van der Waals surface area (Å²) < 4.78 is 6.53. The number of nitrogens with one attached hydrogen (secondary N) is 2. The fourth-order valence-electron chi connectivity index (χ4n) is 3.07. The van der Waals surface area contributed by atoms with Gasteiger partial charge in [-0.25, -0.2) is 4.68 Å². The Kier molecular flexibility index (Phi) is 6.13. The van der Waals surface area contributed by atoms with Gasteiger partial charge in [0.2, 0.25) is 5.91 Å². The highest BCUT2D eigenvalue weighted by Gasteiger charge is 2.22. The maximum atomic E-state index is 12.9. The van der Waals surface area contributed by atoms with Gasteiger partial charge in [0.25, 0.3) is 5.91 Å². The van der Waals surface area contributed by atoms with Crippen LogP contribution in [0.3, 0.4) is 0 Å². The number of rotatable bonds is 8. The van der Waals surface area contributed by atoms with E-state index in [9.17, 15) is 9.59 Å². The second kappa shape index (κ2) is 9.49. The molecular weight excluding hydrogens is 396 g/mol. The van der Waals surface area contributed by atoms with Gasteiger partial charge in [-0.1, -0.05) is 42.5 Å². The summed E-state index contributed by atoms with van der Waals surface area (Å²) in [5, 5.41) is 16.9. The molecule has 1 unspecified atom stereocenters. The van der Waals surface area contributed by atoms with Crippen LogP contribution in [0.2, 0.25) is 0 Å². The average Bonchev–Trinajstić information content (AvgIpc) is 3.52.